The molecule has 5 heteroatoms. The first-order valence-electron chi connectivity index (χ1n) is 6.76. The summed E-state index contributed by atoms with van der Waals surface area (Å²) in [7, 11) is 0. The van der Waals surface area contributed by atoms with Crippen molar-refractivity contribution in [3.8, 4) is 5.75 Å². The molecule has 0 aromatic heterocycles. The maximum Gasteiger partial charge on any atom is 0.200 e. The summed E-state index contributed by atoms with van der Waals surface area (Å²) in [5.41, 5.74) is 0.489. The van der Waals surface area contributed by atoms with Crippen molar-refractivity contribution in [1.29, 1.82) is 0 Å². The number of piperazine rings is 1. The molecule has 0 unspecified atom stereocenters. The molecule has 0 aliphatic carbocycles. The third-order valence-corrected chi connectivity index (χ3v) is 3.61. The highest BCUT2D eigenvalue weighted by atomic mass is 19.2. The molecule has 0 saturated carbocycles. The van der Waals surface area contributed by atoms with Crippen molar-refractivity contribution < 1.29 is 13.9 Å². The van der Waals surface area contributed by atoms with Crippen LogP contribution in [0.3, 0.4) is 0 Å². The normalized spacial score (nSPS) is 18.5. The average Bonchev–Trinajstić information content (AvgIpc) is 2.44. The van der Waals surface area contributed by atoms with Gasteiger partial charge in [-0.05, 0) is 12.5 Å². The Hall–Kier alpha value is -1.20. The van der Waals surface area contributed by atoms with E-state index >= 15 is 0 Å². The standard InChI is InChI=1S/C14H20F2N2O/c1-2-3-12(18-8-6-17-7-9-18)10-4-5-11(15)13(16)14(10)19/h4-5,12,17,19H,2-3,6-9H2,1H3/t12-/m0/s1. The molecule has 2 rings (SSSR count). The largest absolute Gasteiger partial charge is 0.505 e. The number of hydrogen-bond acceptors (Lipinski definition) is 3. The molecule has 1 aliphatic rings. The lowest BCUT2D eigenvalue weighted by atomic mass is 9.98. The summed E-state index contributed by atoms with van der Waals surface area (Å²) in [6, 6.07) is 2.54. The highest BCUT2D eigenvalue weighted by molar-refractivity contribution is 5.37. The number of nitrogens with one attached hydrogen (secondary N) is 1. The topological polar surface area (TPSA) is 35.5 Å². The Bertz CT molecular complexity index is 434. The highest BCUT2D eigenvalue weighted by Crippen LogP contribution is 2.34. The van der Waals surface area contributed by atoms with E-state index in [0.717, 1.165) is 45.1 Å². The van der Waals surface area contributed by atoms with Crippen molar-refractivity contribution in [3.63, 3.8) is 0 Å². The zero-order valence-electron chi connectivity index (χ0n) is 11.1. The number of benzene rings is 1. The van der Waals surface area contributed by atoms with Gasteiger partial charge in [-0.25, -0.2) is 4.39 Å². The smallest absolute Gasteiger partial charge is 0.200 e. The number of nitrogens with zero attached hydrogens (tertiary/aromatic N) is 1. The van der Waals surface area contributed by atoms with Crippen LogP contribution in [-0.2, 0) is 0 Å². The van der Waals surface area contributed by atoms with Gasteiger partial charge in [0.2, 0.25) is 5.82 Å². The number of halogens is 2. The summed E-state index contributed by atoms with van der Waals surface area (Å²) in [5, 5.41) is 13.1. The fourth-order valence-corrected chi connectivity index (χ4v) is 2.63. The van der Waals surface area contributed by atoms with Crippen LogP contribution in [0.5, 0.6) is 5.75 Å². The summed E-state index contributed by atoms with van der Waals surface area (Å²) in [6.07, 6.45) is 1.74. The van der Waals surface area contributed by atoms with Crippen LogP contribution in [0.4, 0.5) is 8.78 Å². The molecule has 0 spiro atoms. The summed E-state index contributed by atoms with van der Waals surface area (Å²) in [5.74, 6) is -2.69. The van der Waals surface area contributed by atoms with E-state index in [1.54, 1.807) is 0 Å². The molecular formula is C14H20F2N2O. The molecule has 1 fully saturated rings. The lowest BCUT2D eigenvalue weighted by Gasteiger charge is -2.35. The third-order valence-electron chi connectivity index (χ3n) is 3.61. The van der Waals surface area contributed by atoms with Crippen LogP contribution in [0.1, 0.15) is 31.4 Å². The quantitative estimate of drug-likeness (QED) is 0.882. The van der Waals surface area contributed by atoms with Crippen LogP contribution < -0.4 is 5.32 Å². The van der Waals surface area contributed by atoms with Gasteiger partial charge in [-0.2, -0.15) is 4.39 Å². The highest BCUT2D eigenvalue weighted by Gasteiger charge is 2.25. The van der Waals surface area contributed by atoms with Gasteiger partial charge in [0.25, 0.3) is 0 Å². The minimum absolute atomic E-state index is 0.0535. The molecule has 0 bridgehead atoms. The third kappa shape index (κ3) is 3.04. The SMILES string of the molecule is CCC[C@@H](c1ccc(F)c(F)c1O)N1CCNCC1. The number of rotatable bonds is 4. The Morgan fingerprint density at radius 3 is 2.63 bits per heavy atom. The molecule has 0 radical (unpaired) electrons. The molecule has 1 heterocycles. The van der Waals surface area contributed by atoms with Gasteiger partial charge in [0, 0.05) is 37.8 Å². The second-order valence-corrected chi connectivity index (χ2v) is 4.89. The minimum Gasteiger partial charge on any atom is -0.505 e. The molecular weight excluding hydrogens is 250 g/mol. The average molecular weight is 270 g/mol. The van der Waals surface area contributed by atoms with Crippen LogP contribution in [0.25, 0.3) is 0 Å². The van der Waals surface area contributed by atoms with Gasteiger partial charge < -0.3 is 10.4 Å². The maximum absolute atomic E-state index is 13.5. The van der Waals surface area contributed by atoms with Crippen molar-refractivity contribution >= 4 is 0 Å². The second kappa shape index (κ2) is 6.30. The first-order valence-corrected chi connectivity index (χ1v) is 6.76. The molecule has 1 aliphatic heterocycles. The Balaban J connectivity index is 2.30. The van der Waals surface area contributed by atoms with Crippen molar-refractivity contribution in [2.24, 2.45) is 0 Å². The monoisotopic (exact) mass is 270 g/mol. The van der Waals surface area contributed by atoms with Crippen LogP contribution in [-0.4, -0.2) is 36.2 Å². The molecule has 1 aromatic rings. The fourth-order valence-electron chi connectivity index (χ4n) is 2.63. The zero-order valence-corrected chi connectivity index (χ0v) is 11.1. The van der Waals surface area contributed by atoms with Gasteiger partial charge in [-0.3, -0.25) is 4.90 Å². The molecule has 1 saturated heterocycles. The summed E-state index contributed by atoms with van der Waals surface area (Å²) >= 11 is 0. The van der Waals surface area contributed by atoms with Gasteiger partial charge in [-0.1, -0.05) is 19.4 Å². The number of phenols is 1. The summed E-state index contributed by atoms with van der Waals surface area (Å²) in [4.78, 5) is 2.21. The molecule has 106 valence electrons. The molecule has 0 amide bonds. The van der Waals surface area contributed by atoms with Crippen molar-refractivity contribution in [3.05, 3.63) is 29.3 Å². The first-order chi connectivity index (χ1) is 9.15. The van der Waals surface area contributed by atoms with Crippen molar-refractivity contribution in [2.45, 2.75) is 25.8 Å². The van der Waals surface area contributed by atoms with E-state index in [9.17, 15) is 13.9 Å². The van der Waals surface area contributed by atoms with Crippen molar-refractivity contribution in [2.75, 3.05) is 26.2 Å². The Kier molecular flexibility index (Phi) is 4.71. The molecule has 3 nitrogen and oxygen atoms in total. The number of phenolic OH excluding ortho intramolecular Hbond substituents is 1. The molecule has 2 N–H and O–H groups in total. The Labute approximate surface area is 112 Å². The number of hydrogen-bond donors (Lipinski definition) is 2. The van der Waals surface area contributed by atoms with Crippen LogP contribution in [0.15, 0.2) is 12.1 Å². The molecule has 1 aromatic carbocycles. The fraction of sp³-hybridized carbons (Fsp3) is 0.571. The maximum atomic E-state index is 13.5. The zero-order chi connectivity index (χ0) is 13.8. The van der Waals surface area contributed by atoms with E-state index in [2.05, 4.69) is 10.2 Å². The van der Waals surface area contributed by atoms with E-state index in [-0.39, 0.29) is 6.04 Å². The van der Waals surface area contributed by atoms with E-state index in [1.165, 1.54) is 6.07 Å². The minimum atomic E-state index is -1.14. The Morgan fingerprint density at radius 2 is 2.00 bits per heavy atom. The second-order valence-electron chi connectivity index (χ2n) is 4.89. The number of aromatic hydroxyl groups is 1. The first kappa shape index (κ1) is 14.2. The lowest BCUT2D eigenvalue weighted by Crippen LogP contribution is -2.45. The van der Waals surface area contributed by atoms with E-state index < -0.39 is 17.4 Å². The Morgan fingerprint density at radius 1 is 1.32 bits per heavy atom. The van der Waals surface area contributed by atoms with Crippen LogP contribution >= 0.6 is 0 Å². The van der Waals surface area contributed by atoms with Gasteiger partial charge in [0.15, 0.2) is 11.6 Å². The lowest BCUT2D eigenvalue weighted by molar-refractivity contribution is 0.161. The van der Waals surface area contributed by atoms with Gasteiger partial charge in [0.05, 0.1) is 0 Å². The van der Waals surface area contributed by atoms with Crippen LogP contribution in [0, 0.1) is 11.6 Å². The predicted molar refractivity (Wildman–Crippen MR) is 70.1 cm³/mol. The molecule has 19 heavy (non-hydrogen) atoms. The predicted octanol–water partition coefficient (Wildman–Crippen LogP) is 2.42. The van der Waals surface area contributed by atoms with E-state index in [4.69, 9.17) is 0 Å². The van der Waals surface area contributed by atoms with Gasteiger partial charge in [0.1, 0.15) is 0 Å². The van der Waals surface area contributed by atoms with E-state index in [1.807, 2.05) is 6.92 Å². The van der Waals surface area contributed by atoms with Gasteiger partial charge in [-0.15, -0.1) is 0 Å². The van der Waals surface area contributed by atoms with Crippen LogP contribution in [0.2, 0.25) is 0 Å². The van der Waals surface area contributed by atoms with Crippen molar-refractivity contribution in [1.82, 2.24) is 10.2 Å². The van der Waals surface area contributed by atoms with Gasteiger partial charge >= 0.3 is 0 Å². The van der Waals surface area contributed by atoms with E-state index in [0.29, 0.717) is 5.56 Å². The summed E-state index contributed by atoms with van der Waals surface area (Å²) < 4.78 is 26.6. The summed E-state index contributed by atoms with van der Waals surface area (Å²) in [6.45, 7) is 5.51. The molecule has 1 atom stereocenters.